The molecule has 96 valence electrons. The van der Waals surface area contributed by atoms with Crippen molar-refractivity contribution in [1.29, 1.82) is 0 Å². The van der Waals surface area contributed by atoms with Crippen LogP contribution in [0.4, 0.5) is 0 Å². The summed E-state index contributed by atoms with van der Waals surface area (Å²) in [4.78, 5) is 11.5. The van der Waals surface area contributed by atoms with Crippen molar-refractivity contribution in [2.45, 2.75) is 37.5 Å². The number of nitrogens with one attached hydrogen (secondary N) is 1. The van der Waals surface area contributed by atoms with E-state index in [0.717, 1.165) is 12.8 Å². The summed E-state index contributed by atoms with van der Waals surface area (Å²) < 4.78 is 4.91. The van der Waals surface area contributed by atoms with Crippen LogP contribution >= 0.6 is 11.8 Å². The Morgan fingerprint density at radius 3 is 2.75 bits per heavy atom. The summed E-state index contributed by atoms with van der Waals surface area (Å²) in [6, 6.07) is -0.403. The first-order valence-corrected chi connectivity index (χ1v) is 6.95. The molecule has 2 unspecified atom stereocenters. The van der Waals surface area contributed by atoms with Crippen LogP contribution in [0.1, 0.15) is 26.2 Å². The summed E-state index contributed by atoms with van der Waals surface area (Å²) in [5, 5.41) is 3.43. The van der Waals surface area contributed by atoms with Crippen LogP contribution in [0.15, 0.2) is 0 Å². The number of nitrogens with two attached hydrogens (primary N) is 1. The molecular formula is C11H24N2O2S. The number of hydrogen-bond donors (Lipinski definition) is 2. The van der Waals surface area contributed by atoms with Crippen molar-refractivity contribution in [3.63, 3.8) is 0 Å². The fourth-order valence-corrected chi connectivity index (χ4v) is 1.58. The van der Waals surface area contributed by atoms with Gasteiger partial charge in [-0.2, -0.15) is 11.8 Å². The van der Waals surface area contributed by atoms with Gasteiger partial charge in [0.05, 0.1) is 6.04 Å². The highest BCUT2D eigenvalue weighted by molar-refractivity contribution is 7.99. The van der Waals surface area contributed by atoms with E-state index in [0.29, 0.717) is 24.8 Å². The Bertz CT molecular complexity index is 191. The summed E-state index contributed by atoms with van der Waals surface area (Å²) in [6.45, 7) is 3.51. The Kier molecular flexibility index (Phi) is 9.77. The Hall–Kier alpha value is -0.260. The molecule has 0 saturated heterocycles. The van der Waals surface area contributed by atoms with Crippen molar-refractivity contribution in [1.82, 2.24) is 5.32 Å². The molecule has 4 nitrogen and oxygen atoms in total. The minimum absolute atomic E-state index is 0.0515. The number of rotatable bonds is 9. The molecule has 0 fully saturated rings. The lowest BCUT2D eigenvalue weighted by Crippen LogP contribution is -2.41. The first kappa shape index (κ1) is 15.7. The molecule has 0 rings (SSSR count). The van der Waals surface area contributed by atoms with Crippen LogP contribution in [0, 0.1) is 0 Å². The van der Waals surface area contributed by atoms with Crippen LogP contribution in [0.5, 0.6) is 0 Å². The molecule has 5 heteroatoms. The molecule has 0 bridgehead atoms. The Balaban J connectivity index is 3.55. The molecule has 1 amide bonds. The summed E-state index contributed by atoms with van der Waals surface area (Å²) in [5.74, 6) is -0.0515. The highest BCUT2D eigenvalue weighted by Crippen LogP contribution is 2.07. The lowest BCUT2D eigenvalue weighted by atomic mass is 10.1. The normalized spacial score (nSPS) is 14.5. The fourth-order valence-electron chi connectivity index (χ4n) is 1.23. The smallest absolute Gasteiger partial charge is 0.236 e. The van der Waals surface area contributed by atoms with Crippen molar-refractivity contribution in [3.8, 4) is 0 Å². The molecular weight excluding hydrogens is 224 g/mol. The first-order chi connectivity index (χ1) is 7.61. The molecule has 0 aromatic heterocycles. The van der Waals surface area contributed by atoms with Gasteiger partial charge in [-0.1, -0.05) is 6.92 Å². The molecule has 3 N–H and O–H groups in total. The average molecular weight is 248 g/mol. The molecule has 0 aliphatic carbocycles. The third-order valence-corrected chi connectivity index (χ3v) is 3.49. The van der Waals surface area contributed by atoms with Gasteiger partial charge in [0.15, 0.2) is 0 Å². The zero-order valence-corrected chi connectivity index (χ0v) is 11.3. The number of hydrogen-bond acceptors (Lipinski definition) is 4. The van der Waals surface area contributed by atoms with Crippen molar-refractivity contribution in [3.05, 3.63) is 0 Å². The summed E-state index contributed by atoms with van der Waals surface area (Å²) in [7, 11) is 1.65. The predicted molar refractivity (Wildman–Crippen MR) is 69.7 cm³/mol. The zero-order valence-electron chi connectivity index (χ0n) is 10.5. The molecule has 0 radical (unpaired) electrons. The van der Waals surface area contributed by atoms with E-state index in [-0.39, 0.29) is 5.91 Å². The number of carbonyl (C=O) groups is 1. The second-order valence-corrected chi connectivity index (χ2v) is 5.14. The maximum atomic E-state index is 11.5. The average Bonchev–Trinajstić information content (AvgIpc) is 2.28. The number of amides is 1. The fraction of sp³-hybridized carbons (Fsp3) is 0.909. The van der Waals surface area contributed by atoms with E-state index < -0.39 is 6.04 Å². The van der Waals surface area contributed by atoms with Gasteiger partial charge in [-0.3, -0.25) is 4.79 Å². The lowest BCUT2D eigenvalue weighted by molar-refractivity contribution is -0.122. The Labute approximate surface area is 103 Å². The van der Waals surface area contributed by atoms with Gasteiger partial charge in [0.2, 0.25) is 5.91 Å². The van der Waals surface area contributed by atoms with Gasteiger partial charge in [0.25, 0.3) is 0 Å². The molecule has 0 aliphatic rings. The summed E-state index contributed by atoms with van der Waals surface area (Å²) in [5.41, 5.74) is 5.73. The molecule has 0 saturated carbocycles. The predicted octanol–water partition coefficient (Wildman–Crippen LogP) is 0.998. The summed E-state index contributed by atoms with van der Waals surface area (Å²) in [6.07, 6.45) is 4.56. The van der Waals surface area contributed by atoms with Gasteiger partial charge >= 0.3 is 0 Å². The lowest BCUT2D eigenvalue weighted by Gasteiger charge is -2.13. The number of carbonyl (C=O) groups excluding carboxylic acids is 1. The van der Waals surface area contributed by atoms with Crippen LogP contribution < -0.4 is 11.1 Å². The second-order valence-electron chi connectivity index (χ2n) is 3.87. The van der Waals surface area contributed by atoms with Crippen LogP contribution in [-0.4, -0.2) is 43.7 Å². The summed E-state index contributed by atoms with van der Waals surface area (Å²) >= 11 is 1.80. The minimum Gasteiger partial charge on any atom is -0.385 e. The van der Waals surface area contributed by atoms with Gasteiger partial charge < -0.3 is 15.8 Å². The third kappa shape index (κ3) is 7.96. The topological polar surface area (TPSA) is 64.3 Å². The van der Waals surface area contributed by atoms with Gasteiger partial charge in [-0.15, -0.1) is 0 Å². The molecule has 0 aromatic carbocycles. The Morgan fingerprint density at radius 2 is 2.19 bits per heavy atom. The van der Waals surface area contributed by atoms with Crippen molar-refractivity contribution < 1.29 is 9.53 Å². The molecule has 0 spiro atoms. The van der Waals surface area contributed by atoms with Gasteiger partial charge in [0, 0.05) is 25.5 Å². The first-order valence-electron chi connectivity index (χ1n) is 5.66. The highest BCUT2D eigenvalue weighted by Gasteiger charge is 2.12. The Morgan fingerprint density at radius 1 is 1.50 bits per heavy atom. The van der Waals surface area contributed by atoms with Crippen LogP contribution in [-0.2, 0) is 9.53 Å². The number of ether oxygens (including phenoxy) is 1. The zero-order chi connectivity index (χ0) is 12.4. The van der Waals surface area contributed by atoms with E-state index in [1.807, 2.05) is 0 Å². The maximum absolute atomic E-state index is 11.5. The number of thioether (sulfide) groups is 1. The van der Waals surface area contributed by atoms with Crippen molar-refractivity contribution in [2.24, 2.45) is 5.73 Å². The third-order valence-electron chi connectivity index (χ3n) is 2.45. The molecule has 2 atom stereocenters. The minimum atomic E-state index is -0.403. The standard InChI is InChI=1S/C11H24N2O2S/c1-9(16-3)6-7-13-11(14)10(12)5-4-8-15-2/h9-10H,4-8,12H2,1-3H3,(H,13,14). The molecule has 0 aliphatic heterocycles. The van der Waals surface area contributed by atoms with Gasteiger partial charge in [0.1, 0.15) is 0 Å². The van der Waals surface area contributed by atoms with E-state index in [1.54, 1.807) is 18.9 Å². The molecule has 0 heterocycles. The SMILES string of the molecule is COCCCC(N)C(=O)NCCC(C)SC. The van der Waals surface area contributed by atoms with Gasteiger partial charge in [-0.25, -0.2) is 0 Å². The quantitative estimate of drug-likeness (QED) is 0.598. The van der Waals surface area contributed by atoms with Crippen molar-refractivity contribution in [2.75, 3.05) is 26.5 Å². The van der Waals surface area contributed by atoms with E-state index in [9.17, 15) is 4.79 Å². The number of methoxy groups -OCH3 is 1. The van der Waals surface area contributed by atoms with Crippen molar-refractivity contribution >= 4 is 17.7 Å². The maximum Gasteiger partial charge on any atom is 0.236 e. The monoisotopic (exact) mass is 248 g/mol. The molecule has 16 heavy (non-hydrogen) atoms. The highest BCUT2D eigenvalue weighted by atomic mass is 32.2. The van der Waals surface area contributed by atoms with Gasteiger partial charge in [-0.05, 0) is 25.5 Å². The van der Waals surface area contributed by atoms with E-state index >= 15 is 0 Å². The van der Waals surface area contributed by atoms with Crippen LogP contribution in [0.2, 0.25) is 0 Å². The van der Waals surface area contributed by atoms with Crippen LogP contribution in [0.25, 0.3) is 0 Å². The van der Waals surface area contributed by atoms with E-state index in [2.05, 4.69) is 18.5 Å². The molecule has 0 aromatic rings. The van der Waals surface area contributed by atoms with E-state index in [1.165, 1.54) is 0 Å². The second kappa shape index (κ2) is 9.93. The largest absolute Gasteiger partial charge is 0.385 e. The van der Waals surface area contributed by atoms with Crippen LogP contribution in [0.3, 0.4) is 0 Å². The van der Waals surface area contributed by atoms with E-state index in [4.69, 9.17) is 10.5 Å².